The maximum Gasteiger partial charge on any atom is 0.330 e. The Kier molecular flexibility index (Phi) is 11.7. The summed E-state index contributed by atoms with van der Waals surface area (Å²) >= 11 is 0. The average molecular weight is 533 g/mol. The molecule has 0 spiro atoms. The summed E-state index contributed by atoms with van der Waals surface area (Å²) in [4.78, 5) is 65.8. The number of nitrogens with zero attached hydrogens (tertiary/aromatic N) is 1. The minimum Gasteiger partial charge on any atom is -0.459 e. The minimum absolute atomic E-state index is 0.0855. The monoisotopic (exact) mass is 532 g/mol. The molecule has 2 fully saturated rings. The van der Waals surface area contributed by atoms with Crippen molar-refractivity contribution in [3.8, 4) is 0 Å². The molecule has 2 amide bonds. The third-order valence-electron chi connectivity index (χ3n) is 7.99. The number of rotatable bonds is 12. The summed E-state index contributed by atoms with van der Waals surface area (Å²) in [5.41, 5.74) is -0.297. The van der Waals surface area contributed by atoms with Gasteiger partial charge in [0.2, 0.25) is 17.6 Å². The average Bonchev–Trinajstić information content (AvgIpc) is 3.19. The van der Waals surface area contributed by atoms with Gasteiger partial charge in [-0.05, 0) is 49.9 Å². The van der Waals surface area contributed by atoms with Gasteiger partial charge in [-0.25, -0.2) is 4.79 Å². The van der Waals surface area contributed by atoms with Crippen molar-refractivity contribution >= 4 is 29.4 Å². The van der Waals surface area contributed by atoms with Crippen LogP contribution in [0.5, 0.6) is 0 Å². The van der Waals surface area contributed by atoms with Crippen molar-refractivity contribution in [2.24, 2.45) is 23.2 Å². The van der Waals surface area contributed by atoms with Crippen molar-refractivity contribution in [3.63, 3.8) is 0 Å². The molecule has 1 saturated heterocycles. The molecule has 2 rings (SSSR count). The van der Waals surface area contributed by atoms with E-state index in [-0.39, 0.29) is 29.3 Å². The van der Waals surface area contributed by atoms with Gasteiger partial charge in [0.1, 0.15) is 12.1 Å². The van der Waals surface area contributed by atoms with Gasteiger partial charge in [-0.3, -0.25) is 19.2 Å². The maximum absolute atomic E-state index is 14.1. The highest BCUT2D eigenvalue weighted by atomic mass is 16.5. The third kappa shape index (κ3) is 8.77. The number of hydrogen-bond acceptors (Lipinski definition) is 6. The van der Waals surface area contributed by atoms with E-state index in [9.17, 15) is 24.0 Å². The van der Waals surface area contributed by atoms with E-state index in [1.54, 1.807) is 11.0 Å². The van der Waals surface area contributed by atoms with E-state index < -0.39 is 41.4 Å². The van der Waals surface area contributed by atoms with Crippen LogP contribution < -0.4 is 5.32 Å². The fourth-order valence-corrected chi connectivity index (χ4v) is 5.47. The molecule has 0 aromatic rings. The number of nitrogens with one attached hydrogen (secondary N) is 1. The second-order valence-corrected chi connectivity index (χ2v) is 12.3. The summed E-state index contributed by atoms with van der Waals surface area (Å²) in [7, 11) is 0. The number of Topliss-reactive ketones (excluding diaryl/α,β-unsaturated/α-hetero) is 2. The Bertz CT molecular complexity index is 902. The number of ketones is 2. The van der Waals surface area contributed by atoms with Crippen molar-refractivity contribution in [1.29, 1.82) is 0 Å². The summed E-state index contributed by atoms with van der Waals surface area (Å²) in [6.07, 6.45) is 9.19. The molecular formula is C30H48N2O6. The topological polar surface area (TPSA) is 110 Å². The van der Waals surface area contributed by atoms with Crippen LogP contribution in [0.3, 0.4) is 0 Å². The molecule has 8 heteroatoms. The quantitative estimate of drug-likeness (QED) is 0.227. The van der Waals surface area contributed by atoms with Crippen LogP contribution in [-0.2, 0) is 28.7 Å². The van der Waals surface area contributed by atoms with E-state index in [0.717, 1.165) is 32.1 Å². The number of ether oxygens (including phenoxy) is 1. The van der Waals surface area contributed by atoms with Crippen LogP contribution in [0.25, 0.3) is 0 Å². The van der Waals surface area contributed by atoms with Crippen LogP contribution in [0.15, 0.2) is 12.2 Å². The van der Waals surface area contributed by atoms with Crippen molar-refractivity contribution < 1.29 is 28.7 Å². The molecule has 0 bridgehead atoms. The predicted octanol–water partition coefficient (Wildman–Crippen LogP) is 4.40. The molecule has 0 aromatic heterocycles. The normalized spacial score (nSPS) is 22.2. The molecule has 38 heavy (non-hydrogen) atoms. The van der Waals surface area contributed by atoms with E-state index in [1.165, 1.54) is 13.0 Å². The molecule has 1 aliphatic carbocycles. The van der Waals surface area contributed by atoms with Crippen molar-refractivity contribution in [3.05, 3.63) is 12.2 Å². The molecule has 1 unspecified atom stereocenters. The standard InChI is InChI=1S/C30H48N2O6/c1-8-12-24(27(35)20(4)33)31-28(36)25-17-30(6,7)18-32(25)29(37)23(22-13-10-9-11-14-22)15-16-26(34)38-21(5)19(2)3/h15-16,19,21-25H,8-14,17-18H2,1-7H3,(H,31,36)/b16-15+/t21-,23-,24?,25-/m0/s1. The molecule has 1 N–H and O–H groups in total. The summed E-state index contributed by atoms with van der Waals surface area (Å²) in [6.45, 7) is 13.3. The van der Waals surface area contributed by atoms with Crippen LogP contribution in [0.1, 0.15) is 99.8 Å². The molecule has 0 aromatic carbocycles. The molecule has 1 saturated carbocycles. The Morgan fingerprint density at radius 1 is 1.05 bits per heavy atom. The molecule has 2 aliphatic rings. The molecule has 1 aliphatic heterocycles. The number of likely N-dealkylation sites (tertiary alicyclic amines) is 1. The molecule has 4 atom stereocenters. The number of hydrogen-bond donors (Lipinski definition) is 1. The highest BCUT2D eigenvalue weighted by molar-refractivity contribution is 6.38. The van der Waals surface area contributed by atoms with Crippen molar-refractivity contribution in [2.75, 3.05) is 6.54 Å². The lowest BCUT2D eigenvalue weighted by Gasteiger charge is -2.33. The Balaban J connectivity index is 2.30. The minimum atomic E-state index is -0.891. The Labute approximate surface area is 228 Å². The first-order valence-corrected chi connectivity index (χ1v) is 14.3. The number of carbonyl (C=O) groups is 5. The third-order valence-corrected chi connectivity index (χ3v) is 7.99. The lowest BCUT2D eigenvalue weighted by molar-refractivity contribution is -0.144. The summed E-state index contributed by atoms with van der Waals surface area (Å²) in [5, 5.41) is 2.77. The van der Waals surface area contributed by atoms with Gasteiger partial charge in [-0.15, -0.1) is 0 Å². The first-order valence-electron chi connectivity index (χ1n) is 14.3. The second-order valence-electron chi connectivity index (χ2n) is 12.3. The number of carbonyl (C=O) groups excluding carboxylic acids is 5. The van der Waals surface area contributed by atoms with Gasteiger partial charge in [-0.1, -0.05) is 66.4 Å². The van der Waals surface area contributed by atoms with Crippen molar-refractivity contribution in [2.45, 2.75) is 118 Å². The van der Waals surface area contributed by atoms with E-state index in [0.29, 0.717) is 25.8 Å². The SMILES string of the molecule is CCCC(NC(=O)[C@@H]1CC(C)(C)CN1C(=O)[C@@H](/C=C/C(=O)O[C@@H](C)C(C)C)C1CCCCC1)C(=O)C(C)=O. The van der Waals surface area contributed by atoms with Gasteiger partial charge in [0.25, 0.3) is 0 Å². The van der Waals surface area contributed by atoms with Crippen LogP contribution in [0, 0.1) is 23.2 Å². The van der Waals surface area contributed by atoms with E-state index in [1.807, 2.05) is 41.5 Å². The molecule has 8 nitrogen and oxygen atoms in total. The summed E-state index contributed by atoms with van der Waals surface area (Å²) in [5.74, 6) is -2.53. The van der Waals surface area contributed by atoms with Gasteiger partial charge in [0.05, 0.1) is 12.0 Å². The van der Waals surface area contributed by atoms with Gasteiger partial charge < -0.3 is 15.0 Å². The largest absolute Gasteiger partial charge is 0.459 e. The first kappa shape index (κ1) is 31.7. The Morgan fingerprint density at radius 2 is 1.68 bits per heavy atom. The maximum atomic E-state index is 14.1. The molecular weight excluding hydrogens is 484 g/mol. The van der Waals surface area contributed by atoms with E-state index in [2.05, 4.69) is 5.32 Å². The predicted molar refractivity (Wildman–Crippen MR) is 146 cm³/mol. The van der Waals surface area contributed by atoms with E-state index in [4.69, 9.17) is 4.74 Å². The highest BCUT2D eigenvalue weighted by Gasteiger charge is 2.46. The van der Waals surface area contributed by atoms with Gasteiger partial charge in [0.15, 0.2) is 5.78 Å². The number of esters is 1. The van der Waals surface area contributed by atoms with Crippen LogP contribution in [0.4, 0.5) is 0 Å². The molecule has 214 valence electrons. The Morgan fingerprint density at radius 3 is 2.24 bits per heavy atom. The zero-order valence-corrected chi connectivity index (χ0v) is 24.4. The first-order chi connectivity index (χ1) is 17.8. The summed E-state index contributed by atoms with van der Waals surface area (Å²) in [6, 6.07) is -1.64. The fraction of sp³-hybridized carbons (Fsp3) is 0.767. The fourth-order valence-electron chi connectivity index (χ4n) is 5.47. The number of amides is 2. The lowest BCUT2D eigenvalue weighted by Crippen LogP contribution is -2.53. The van der Waals surface area contributed by atoms with Gasteiger partial charge in [0, 0.05) is 19.5 Å². The highest BCUT2D eigenvalue weighted by Crippen LogP contribution is 2.38. The van der Waals surface area contributed by atoms with Crippen LogP contribution in [0.2, 0.25) is 0 Å². The summed E-state index contributed by atoms with van der Waals surface area (Å²) < 4.78 is 5.48. The zero-order valence-electron chi connectivity index (χ0n) is 24.4. The van der Waals surface area contributed by atoms with Crippen molar-refractivity contribution in [1.82, 2.24) is 10.2 Å². The van der Waals surface area contributed by atoms with Gasteiger partial charge >= 0.3 is 5.97 Å². The van der Waals surface area contributed by atoms with E-state index >= 15 is 0 Å². The Hall–Kier alpha value is -2.51. The zero-order chi connectivity index (χ0) is 28.6. The lowest BCUT2D eigenvalue weighted by atomic mass is 9.79. The van der Waals surface area contributed by atoms with Crippen LogP contribution in [-0.4, -0.2) is 59.0 Å². The van der Waals surface area contributed by atoms with Crippen LogP contribution >= 0.6 is 0 Å². The van der Waals surface area contributed by atoms with Gasteiger partial charge in [-0.2, -0.15) is 0 Å². The molecule has 0 radical (unpaired) electrons. The molecule has 1 heterocycles. The second kappa shape index (κ2) is 14.0. The smallest absolute Gasteiger partial charge is 0.330 e.